The quantitative estimate of drug-likeness (QED) is 0.864. The summed E-state index contributed by atoms with van der Waals surface area (Å²) in [6.07, 6.45) is 2.86. The van der Waals surface area contributed by atoms with Gasteiger partial charge < -0.3 is 9.42 Å². The standard InChI is InChI=1S/C16H21N3O2S/c1-3-11(2)16(20)19-7-4-5-12(9-19)15-17-14(18-21-15)13-6-8-22-10-13/h6,8,10-12H,3-5,7,9H2,1-2H3. The van der Waals surface area contributed by atoms with E-state index in [9.17, 15) is 4.79 Å². The summed E-state index contributed by atoms with van der Waals surface area (Å²) in [5.74, 6) is 1.78. The maximum Gasteiger partial charge on any atom is 0.231 e. The molecule has 1 fully saturated rings. The van der Waals surface area contributed by atoms with Gasteiger partial charge in [-0.05, 0) is 30.7 Å². The van der Waals surface area contributed by atoms with Gasteiger partial charge in [0, 0.05) is 30.0 Å². The number of thiophene rings is 1. The number of hydrogen-bond donors (Lipinski definition) is 0. The summed E-state index contributed by atoms with van der Waals surface area (Å²) < 4.78 is 5.45. The molecule has 0 aromatic carbocycles. The molecule has 118 valence electrons. The fourth-order valence-electron chi connectivity index (χ4n) is 2.78. The number of aromatic nitrogens is 2. The van der Waals surface area contributed by atoms with E-state index in [0.717, 1.165) is 31.4 Å². The molecule has 2 aromatic heterocycles. The molecule has 2 atom stereocenters. The maximum absolute atomic E-state index is 12.4. The first-order valence-electron chi connectivity index (χ1n) is 7.84. The Morgan fingerprint density at radius 1 is 1.59 bits per heavy atom. The Bertz CT molecular complexity index is 623. The molecule has 22 heavy (non-hydrogen) atoms. The van der Waals surface area contributed by atoms with E-state index in [-0.39, 0.29) is 17.7 Å². The highest BCUT2D eigenvalue weighted by Gasteiger charge is 2.30. The summed E-state index contributed by atoms with van der Waals surface area (Å²) in [6, 6.07) is 1.99. The molecular formula is C16H21N3O2S. The average molecular weight is 319 g/mol. The van der Waals surface area contributed by atoms with E-state index in [2.05, 4.69) is 17.1 Å². The number of amides is 1. The number of hydrogen-bond acceptors (Lipinski definition) is 5. The van der Waals surface area contributed by atoms with Crippen molar-refractivity contribution in [1.82, 2.24) is 15.0 Å². The van der Waals surface area contributed by atoms with Gasteiger partial charge in [-0.15, -0.1) is 0 Å². The second-order valence-corrected chi connectivity index (χ2v) is 6.68. The minimum absolute atomic E-state index is 0.0859. The van der Waals surface area contributed by atoms with Gasteiger partial charge in [-0.1, -0.05) is 19.0 Å². The highest BCUT2D eigenvalue weighted by atomic mass is 32.1. The van der Waals surface area contributed by atoms with Crippen molar-refractivity contribution in [3.05, 3.63) is 22.7 Å². The van der Waals surface area contributed by atoms with E-state index >= 15 is 0 Å². The molecule has 0 spiro atoms. The van der Waals surface area contributed by atoms with Gasteiger partial charge in [-0.3, -0.25) is 4.79 Å². The number of rotatable bonds is 4. The second-order valence-electron chi connectivity index (χ2n) is 5.90. The molecule has 2 unspecified atom stereocenters. The molecule has 0 N–H and O–H groups in total. The van der Waals surface area contributed by atoms with Crippen LogP contribution in [0.2, 0.25) is 0 Å². The summed E-state index contributed by atoms with van der Waals surface area (Å²) in [5, 5.41) is 8.08. The van der Waals surface area contributed by atoms with E-state index < -0.39 is 0 Å². The molecule has 2 aromatic rings. The Morgan fingerprint density at radius 2 is 2.45 bits per heavy atom. The fourth-order valence-corrected chi connectivity index (χ4v) is 3.41. The molecule has 1 saturated heterocycles. The first kappa shape index (κ1) is 15.2. The third kappa shape index (κ3) is 3.06. The van der Waals surface area contributed by atoms with Crippen molar-refractivity contribution >= 4 is 17.2 Å². The van der Waals surface area contributed by atoms with Crippen LogP contribution in [0.1, 0.15) is 44.9 Å². The molecular weight excluding hydrogens is 298 g/mol. The summed E-state index contributed by atoms with van der Waals surface area (Å²) in [7, 11) is 0. The van der Waals surface area contributed by atoms with Crippen molar-refractivity contribution in [3.8, 4) is 11.4 Å². The zero-order valence-electron chi connectivity index (χ0n) is 13.0. The summed E-state index contributed by atoms with van der Waals surface area (Å²) in [6.45, 7) is 5.57. The van der Waals surface area contributed by atoms with Crippen LogP contribution >= 0.6 is 11.3 Å². The van der Waals surface area contributed by atoms with Crippen LogP contribution in [0.25, 0.3) is 11.4 Å². The lowest BCUT2D eigenvalue weighted by atomic mass is 9.96. The smallest absolute Gasteiger partial charge is 0.231 e. The van der Waals surface area contributed by atoms with Crippen LogP contribution in [0.5, 0.6) is 0 Å². The van der Waals surface area contributed by atoms with Crippen LogP contribution in [-0.4, -0.2) is 34.0 Å². The molecule has 3 rings (SSSR count). The van der Waals surface area contributed by atoms with E-state index in [0.29, 0.717) is 18.3 Å². The Labute approximate surface area is 134 Å². The van der Waals surface area contributed by atoms with Crippen molar-refractivity contribution in [3.63, 3.8) is 0 Å². The lowest BCUT2D eigenvalue weighted by Crippen LogP contribution is -2.41. The SMILES string of the molecule is CCC(C)C(=O)N1CCCC(c2nc(-c3ccsc3)no2)C1. The van der Waals surface area contributed by atoms with Crippen molar-refractivity contribution in [2.24, 2.45) is 5.92 Å². The van der Waals surface area contributed by atoms with Gasteiger partial charge in [0.15, 0.2) is 0 Å². The maximum atomic E-state index is 12.4. The number of likely N-dealkylation sites (tertiary alicyclic amines) is 1. The normalized spacial score (nSPS) is 20.1. The Morgan fingerprint density at radius 3 is 3.18 bits per heavy atom. The van der Waals surface area contributed by atoms with E-state index in [1.54, 1.807) is 11.3 Å². The lowest BCUT2D eigenvalue weighted by molar-refractivity contribution is -0.136. The fraction of sp³-hybridized carbons (Fsp3) is 0.562. The van der Waals surface area contributed by atoms with Gasteiger partial charge in [0.1, 0.15) is 0 Å². The van der Waals surface area contributed by atoms with Crippen molar-refractivity contribution in [2.75, 3.05) is 13.1 Å². The number of nitrogens with zero attached hydrogens (tertiary/aromatic N) is 3. The van der Waals surface area contributed by atoms with Gasteiger partial charge in [0.05, 0.1) is 5.92 Å². The Hall–Kier alpha value is -1.69. The predicted molar refractivity (Wildman–Crippen MR) is 85.6 cm³/mol. The minimum atomic E-state index is 0.0859. The summed E-state index contributed by atoms with van der Waals surface area (Å²) in [5.41, 5.74) is 0.989. The predicted octanol–water partition coefficient (Wildman–Crippen LogP) is 3.55. The second kappa shape index (κ2) is 6.60. The highest BCUT2D eigenvalue weighted by molar-refractivity contribution is 7.08. The van der Waals surface area contributed by atoms with Crippen LogP contribution < -0.4 is 0 Å². The van der Waals surface area contributed by atoms with Crippen LogP contribution in [0.3, 0.4) is 0 Å². The van der Waals surface area contributed by atoms with Gasteiger partial charge in [0.25, 0.3) is 0 Å². The first-order valence-corrected chi connectivity index (χ1v) is 8.78. The molecule has 0 bridgehead atoms. The van der Waals surface area contributed by atoms with Gasteiger partial charge in [-0.2, -0.15) is 16.3 Å². The van der Waals surface area contributed by atoms with Gasteiger partial charge in [-0.25, -0.2) is 0 Å². The molecule has 0 radical (unpaired) electrons. The third-order valence-corrected chi connectivity index (χ3v) is 5.02. The largest absolute Gasteiger partial charge is 0.342 e. The van der Waals surface area contributed by atoms with Crippen molar-refractivity contribution in [2.45, 2.75) is 39.0 Å². The third-order valence-electron chi connectivity index (χ3n) is 4.34. The van der Waals surface area contributed by atoms with Crippen molar-refractivity contribution in [1.29, 1.82) is 0 Å². The number of carbonyl (C=O) groups excluding carboxylic acids is 1. The van der Waals surface area contributed by atoms with Gasteiger partial charge >= 0.3 is 0 Å². The van der Waals surface area contributed by atoms with E-state index in [1.165, 1.54) is 0 Å². The minimum Gasteiger partial charge on any atom is -0.342 e. The molecule has 1 aliphatic heterocycles. The zero-order chi connectivity index (χ0) is 15.5. The topological polar surface area (TPSA) is 59.2 Å². The molecule has 0 saturated carbocycles. The summed E-state index contributed by atoms with van der Waals surface area (Å²) >= 11 is 1.61. The highest BCUT2D eigenvalue weighted by Crippen LogP contribution is 2.29. The lowest BCUT2D eigenvalue weighted by Gasteiger charge is -2.32. The average Bonchev–Trinajstić information content (AvgIpc) is 3.24. The molecule has 5 nitrogen and oxygen atoms in total. The monoisotopic (exact) mass is 319 g/mol. The van der Waals surface area contributed by atoms with Crippen molar-refractivity contribution < 1.29 is 9.32 Å². The van der Waals surface area contributed by atoms with Crippen LogP contribution in [-0.2, 0) is 4.79 Å². The Balaban J connectivity index is 1.71. The molecule has 1 amide bonds. The van der Waals surface area contributed by atoms with E-state index in [4.69, 9.17) is 4.52 Å². The number of piperidine rings is 1. The van der Waals surface area contributed by atoms with Crippen LogP contribution in [0, 0.1) is 5.92 Å². The molecule has 6 heteroatoms. The molecule has 1 aliphatic rings. The van der Waals surface area contributed by atoms with E-state index in [1.807, 2.05) is 28.7 Å². The Kier molecular flexibility index (Phi) is 4.57. The van der Waals surface area contributed by atoms with Gasteiger partial charge in [0.2, 0.25) is 17.6 Å². The summed E-state index contributed by atoms with van der Waals surface area (Å²) in [4.78, 5) is 18.8. The molecule has 0 aliphatic carbocycles. The number of carbonyl (C=O) groups is 1. The first-order chi connectivity index (χ1) is 10.7. The molecule has 3 heterocycles. The van der Waals surface area contributed by atoms with Crippen LogP contribution in [0.15, 0.2) is 21.3 Å². The zero-order valence-corrected chi connectivity index (χ0v) is 13.8. The van der Waals surface area contributed by atoms with Crippen LogP contribution in [0.4, 0.5) is 0 Å².